The lowest BCUT2D eigenvalue weighted by Gasteiger charge is -2.23. The smallest absolute Gasteiger partial charge is 0.124 e. The molecule has 106 valence electrons. The standard InChI is InChI=1S/C16H23ClFN/c1-2-9-19-16(10-12-5-3-4-6-12)14-8-7-13(18)11-15(14)17/h7-8,11-12,16,19H,2-6,9-10H2,1H3. The van der Waals surface area contributed by atoms with Gasteiger partial charge in [0.25, 0.3) is 0 Å². The van der Waals surface area contributed by atoms with Gasteiger partial charge in [-0.1, -0.05) is 50.3 Å². The fraction of sp³-hybridized carbons (Fsp3) is 0.625. The van der Waals surface area contributed by atoms with Crippen LogP contribution in [0.4, 0.5) is 4.39 Å². The second-order valence-corrected chi connectivity index (χ2v) is 5.97. The summed E-state index contributed by atoms with van der Waals surface area (Å²) < 4.78 is 13.2. The Morgan fingerprint density at radius 3 is 2.74 bits per heavy atom. The van der Waals surface area contributed by atoms with Gasteiger partial charge in [0.05, 0.1) is 0 Å². The van der Waals surface area contributed by atoms with Gasteiger partial charge in [-0.05, 0) is 43.0 Å². The molecule has 0 amide bonds. The summed E-state index contributed by atoms with van der Waals surface area (Å²) in [6.07, 6.45) is 7.56. The molecule has 0 saturated heterocycles. The Kier molecular flexibility index (Phi) is 5.65. The molecule has 1 saturated carbocycles. The second-order valence-electron chi connectivity index (χ2n) is 5.56. The Hall–Kier alpha value is -0.600. The zero-order chi connectivity index (χ0) is 13.7. The van der Waals surface area contributed by atoms with Gasteiger partial charge in [0, 0.05) is 11.1 Å². The lowest BCUT2D eigenvalue weighted by Crippen LogP contribution is -2.24. The minimum absolute atomic E-state index is 0.260. The van der Waals surface area contributed by atoms with Crippen LogP contribution in [0.1, 0.15) is 57.1 Å². The average Bonchev–Trinajstić information content (AvgIpc) is 2.88. The van der Waals surface area contributed by atoms with E-state index < -0.39 is 0 Å². The molecule has 0 aliphatic heterocycles. The second kappa shape index (κ2) is 7.25. The summed E-state index contributed by atoms with van der Waals surface area (Å²) in [6, 6.07) is 5.03. The molecular weight excluding hydrogens is 261 g/mol. The highest BCUT2D eigenvalue weighted by atomic mass is 35.5. The van der Waals surface area contributed by atoms with E-state index in [2.05, 4.69) is 12.2 Å². The van der Waals surface area contributed by atoms with E-state index in [0.717, 1.165) is 30.9 Å². The van der Waals surface area contributed by atoms with Crippen LogP contribution in [0.3, 0.4) is 0 Å². The summed E-state index contributed by atoms with van der Waals surface area (Å²) in [5.41, 5.74) is 1.04. The van der Waals surface area contributed by atoms with Crippen molar-refractivity contribution in [1.29, 1.82) is 0 Å². The first-order chi connectivity index (χ1) is 9.20. The maximum atomic E-state index is 13.2. The van der Waals surface area contributed by atoms with E-state index in [-0.39, 0.29) is 11.9 Å². The highest BCUT2D eigenvalue weighted by Crippen LogP contribution is 2.35. The number of hydrogen-bond donors (Lipinski definition) is 1. The molecule has 2 rings (SSSR count). The highest BCUT2D eigenvalue weighted by Gasteiger charge is 2.22. The molecule has 1 aliphatic rings. The molecule has 19 heavy (non-hydrogen) atoms. The predicted molar refractivity (Wildman–Crippen MR) is 79.0 cm³/mol. The van der Waals surface area contributed by atoms with Crippen molar-refractivity contribution in [2.24, 2.45) is 5.92 Å². The van der Waals surface area contributed by atoms with Gasteiger partial charge >= 0.3 is 0 Å². The van der Waals surface area contributed by atoms with E-state index in [1.807, 2.05) is 6.07 Å². The fourth-order valence-corrected chi connectivity index (χ4v) is 3.30. The van der Waals surface area contributed by atoms with Crippen molar-refractivity contribution in [3.05, 3.63) is 34.6 Å². The first kappa shape index (κ1) is 14.8. The molecule has 1 fully saturated rings. The van der Waals surface area contributed by atoms with Crippen molar-refractivity contribution >= 4 is 11.6 Å². The predicted octanol–water partition coefficient (Wildman–Crippen LogP) is 5.10. The number of benzene rings is 1. The molecular formula is C16H23ClFN. The molecule has 0 spiro atoms. The summed E-state index contributed by atoms with van der Waals surface area (Å²) in [7, 11) is 0. The maximum Gasteiger partial charge on any atom is 0.124 e. The van der Waals surface area contributed by atoms with Gasteiger partial charge in [-0.3, -0.25) is 0 Å². The number of nitrogens with one attached hydrogen (secondary N) is 1. The Morgan fingerprint density at radius 1 is 1.37 bits per heavy atom. The first-order valence-electron chi connectivity index (χ1n) is 7.39. The largest absolute Gasteiger partial charge is 0.310 e. The van der Waals surface area contributed by atoms with Crippen LogP contribution in [0.15, 0.2) is 18.2 Å². The third-order valence-corrected chi connectivity index (χ3v) is 4.35. The zero-order valence-corrected chi connectivity index (χ0v) is 12.3. The van der Waals surface area contributed by atoms with Crippen LogP contribution < -0.4 is 5.32 Å². The van der Waals surface area contributed by atoms with Gasteiger partial charge in [0.2, 0.25) is 0 Å². The molecule has 0 bridgehead atoms. The molecule has 1 unspecified atom stereocenters. The lowest BCUT2D eigenvalue weighted by molar-refractivity contribution is 0.395. The molecule has 1 aromatic rings. The van der Waals surface area contributed by atoms with Crippen molar-refractivity contribution in [3.63, 3.8) is 0 Å². The van der Waals surface area contributed by atoms with E-state index in [1.54, 1.807) is 0 Å². The van der Waals surface area contributed by atoms with Gasteiger partial charge < -0.3 is 5.32 Å². The van der Waals surface area contributed by atoms with Crippen LogP contribution >= 0.6 is 11.6 Å². The molecule has 0 heterocycles. The van der Waals surface area contributed by atoms with Crippen molar-refractivity contribution in [3.8, 4) is 0 Å². The minimum atomic E-state index is -0.260. The van der Waals surface area contributed by atoms with E-state index in [0.29, 0.717) is 5.02 Å². The van der Waals surface area contributed by atoms with Gasteiger partial charge in [0.15, 0.2) is 0 Å². The third kappa shape index (κ3) is 4.19. The topological polar surface area (TPSA) is 12.0 Å². The van der Waals surface area contributed by atoms with E-state index in [1.165, 1.54) is 37.8 Å². The molecule has 1 N–H and O–H groups in total. The van der Waals surface area contributed by atoms with Crippen LogP contribution in [-0.4, -0.2) is 6.54 Å². The monoisotopic (exact) mass is 283 g/mol. The Morgan fingerprint density at radius 2 is 2.11 bits per heavy atom. The Labute approximate surface area is 120 Å². The molecule has 1 aromatic carbocycles. The Balaban J connectivity index is 2.10. The SMILES string of the molecule is CCCNC(CC1CCCC1)c1ccc(F)cc1Cl. The molecule has 3 heteroatoms. The normalized spacial score (nSPS) is 17.8. The Bertz CT molecular complexity index is 402. The van der Waals surface area contributed by atoms with Crippen molar-refractivity contribution < 1.29 is 4.39 Å². The van der Waals surface area contributed by atoms with Gasteiger partial charge in [0.1, 0.15) is 5.82 Å². The summed E-state index contributed by atoms with van der Waals surface area (Å²) >= 11 is 6.21. The fourth-order valence-electron chi connectivity index (χ4n) is 3.00. The summed E-state index contributed by atoms with van der Waals surface area (Å²) in [5, 5.41) is 4.11. The van der Waals surface area contributed by atoms with Crippen LogP contribution in [0.5, 0.6) is 0 Å². The quantitative estimate of drug-likeness (QED) is 0.766. The zero-order valence-electron chi connectivity index (χ0n) is 11.6. The number of rotatable bonds is 6. The van der Waals surface area contributed by atoms with Gasteiger partial charge in [-0.15, -0.1) is 0 Å². The molecule has 1 nitrogen and oxygen atoms in total. The number of halogens is 2. The van der Waals surface area contributed by atoms with Crippen LogP contribution in [0, 0.1) is 11.7 Å². The van der Waals surface area contributed by atoms with E-state index >= 15 is 0 Å². The van der Waals surface area contributed by atoms with Crippen molar-refractivity contribution in [1.82, 2.24) is 5.32 Å². The molecule has 1 aliphatic carbocycles. The maximum absolute atomic E-state index is 13.2. The molecule has 0 aromatic heterocycles. The average molecular weight is 284 g/mol. The first-order valence-corrected chi connectivity index (χ1v) is 7.76. The molecule has 0 radical (unpaired) electrons. The summed E-state index contributed by atoms with van der Waals surface area (Å²) in [6.45, 7) is 3.14. The van der Waals surface area contributed by atoms with Crippen LogP contribution in [0.25, 0.3) is 0 Å². The van der Waals surface area contributed by atoms with Gasteiger partial charge in [-0.2, -0.15) is 0 Å². The van der Waals surface area contributed by atoms with Crippen molar-refractivity contribution in [2.75, 3.05) is 6.54 Å². The van der Waals surface area contributed by atoms with Crippen LogP contribution in [0.2, 0.25) is 5.02 Å². The van der Waals surface area contributed by atoms with Gasteiger partial charge in [-0.25, -0.2) is 4.39 Å². The van der Waals surface area contributed by atoms with Crippen molar-refractivity contribution in [2.45, 2.75) is 51.5 Å². The molecule has 1 atom stereocenters. The van der Waals surface area contributed by atoms with E-state index in [9.17, 15) is 4.39 Å². The highest BCUT2D eigenvalue weighted by molar-refractivity contribution is 6.31. The summed E-state index contributed by atoms with van der Waals surface area (Å²) in [4.78, 5) is 0. The number of hydrogen-bond acceptors (Lipinski definition) is 1. The third-order valence-electron chi connectivity index (χ3n) is 4.02. The minimum Gasteiger partial charge on any atom is -0.310 e. The summed E-state index contributed by atoms with van der Waals surface area (Å²) in [5.74, 6) is 0.527. The van der Waals surface area contributed by atoms with Crippen LogP contribution in [-0.2, 0) is 0 Å². The lowest BCUT2D eigenvalue weighted by atomic mass is 9.93. The van der Waals surface area contributed by atoms with E-state index in [4.69, 9.17) is 11.6 Å².